The monoisotopic (exact) mass is 257 g/mol. The van der Waals surface area contributed by atoms with Crippen molar-refractivity contribution in [3.63, 3.8) is 0 Å². The van der Waals surface area contributed by atoms with Gasteiger partial charge in [-0.2, -0.15) is 0 Å². The molecule has 1 atom stereocenters. The van der Waals surface area contributed by atoms with Crippen molar-refractivity contribution in [3.05, 3.63) is 20.2 Å². The number of carboxylic acids is 1. The van der Waals surface area contributed by atoms with Gasteiger partial charge >= 0.3 is 5.97 Å². The van der Waals surface area contributed by atoms with Crippen LogP contribution in [0.4, 0.5) is 0 Å². The normalized spacial score (nSPS) is 10.1. The second-order valence-corrected chi connectivity index (χ2v) is 3.05. The first kappa shape index (κ1) is 20.3. The zero-order valence-corrected chi connectivity index (χ0v) is 9.22. The Morgan fingerprint density at radius 1 is 1.24 bits per heavy atom. The number of nitrogens with two attached hydrogens (primary N) is 1. The lowest BCUT2D eigenvalue weighted by Gasteiger charge is -2.07. The Labute approximate surface area is 95.7 Å². The third-order valence-electron chi connectivity index (χ3n) is 1.04. The van der Waals surface area contributed by atoms with Crippen molar-refractivity contribution in [2.24, 2.45) is 11.7 Å². The molecule has 0 spiro atoms. The molecule has 0 saturated carbocycles. The van der Waals surface area contributed by atoms with E-state index in [0.717, 1.165) is 0 Å². The molecule has 0 bridgehead atoms. The van der Waals surface area contributed by atoms with E-state index in [0.29, 0.717) is 12.3 Å². The van der Waals surface area contributed by atoms with E-state index in [1.807, 2.05) is 13.8 Å². The number of carbonyl (C=O) groups is 1. The highest BCUT2D eigenvalue weighted by atomic mass is 16.9. The van der Waals surface area contributed by atoms with E-state index in [9.17, 15) is 4.79 Å². The third kappa shape index (κ3) is 56.9. The molecule has 0 unspecified atom stereocenters. The average molecular weight is 257 g/mol. The van der Waals surface area contributed by atoms with E-state index >= 15 is 0 Å². The van der Waals surface area contributed by atoms with Gasteiger partial charge in [0.25, 0.3) is 10.2 Å². The fourth-order valence-corrected chi connectivity index (χ4v) is 0.609. The number of carboxylic acid groups (broad SMARTS) is 1. The summed E-state index contributed by atoms with van der Waals surface area (Å²) in [6, 6.07) is -0.690. The van der Waals surface area contributed by atoms with Crippen LogP contribution in [0.15, 0.2) is 0 Å². The molecule has 0 amide bonds. The molecule has 0 aliphatic carbocycles. The summed E-state index contributed by atoms with van der Waals surface area (Å²) in [6.45, 7) is 3.89. The summed E-state index contributed by atoms with van der Waals surface area (Å²) in [4.78, 5) is 26.8. The summed E-state index contributed by atoms with van der Waals surface area (Å²) in [5, 5.41) is 35.6. The minimum atomic E-state index is -1.50. The van der Waals surface area contributed by atoms with Crippen LogP contribution in [0, 0.1) is 26.1 Å². The largest absolute Gasteiger partial charge is 0.480 e. The Hall–Kier alpha value is -2.17. The van der Waals surface area contributed by atoms with Crippen LogP contribution < -0.4 is 5.73 Å². The topological polar surface area (TPSA) is 190 Å². The van der Waals surface area contributed by atoms with Crippen molar-refractivity contribution in [2.45, 2.75) is 26.3 Å². The summed E-state index contributed by atoms with van der Waals surface area (Å²) in [5.41, 5.74) is 5.22. The molecule has 5 N–H and O–H groups in total. The quantitative estimate of drug-likeness (QED) is 0.389. The Morgan fingerprint density at radius 3 is 1.53 bits per heavy atom. The molecule has 11 nitrogen and oxygen atoms in total. The molecule has 0 fully saturated rings. The van der Waals surface area contributed by atoms with E-state index in [1.165, 1.54) is 0 Å². The molecule has 102 valence electrons. The molecule has 0 aliphatic rings. The zero-order chi connectivity index (χ0) is 14.6. The summed E-state index contributed by atoms with van der Waals surface area (Å²) in [5.74, 6) is -0.556. The van der Waals surface area contributed by atoms with Gasteiger partial charge in [0.15, 0.2) is 0 Å². The van der Waals surface area contributed by atoms with Crippen molar-refractivity contribution in [1.82, 2.24) is 0 Å². The Kier molecular flexibility index (Phi) is 14.2. The van der Waals surface area contributed by atoms with Gasteiger partial charge in [-0.05, 0) is 12.3 Å². The van der Waals surface area contributed by atoms with Gasteiger partial charge in [0.1, 0.15) is 6.04 Å². The summed E-state index contributed by atoms with van der Waals surface area (Å²) >= 11 is 0. The van der Waals surface area contributed by atoms with Crippen molar-refractivity contribution >= 4 is 5.97 Å². The lowest BCUT2D eigenvalue weighted by molar-refractivity contribution is -0.742. The third-order valence-corrected chi connectivity index (χ3v) is 1.04. The Balaban J connectivity index is -0.000000205. The van der Waals surface area contributed by atoms with Crippen LogP contribution in [0.2, 0.25) is 0 Å². The first-order valence-corrected chi connectivity index (χ1v) is 4.15. The lowest BCUT2D eigenvalue weighted by atomic mass is 10.1. The maximum Gasteiger partial charge on any atom is 0.320 e. The molecule has 17 heavy (non-hydrogen) atoms. The minimum Gasteiger partial charge on any atom is -0.480 e. The van der Waals surface area contributed by atoms with Gasteiger partial charge in [-0.25, -0.2) is 0 Å². The maximum atomic E-state index is 10.1. The van der Waals surface area contributed by atoms with Crippen molar-refractivity contribution in [3.8, 4) is 0 Å². The summed E-state index contributed by atoms with van der Waals surface area (Å²) in [7, 11) is 0. The van der Waals surface area contributed by atoms with Gasteiger partial charge in [-0.3, -0.25) is 4.79 Å². The number of hydrogen-bond acceptors (Lipinski definition) is 6. The molecular weight excluding hydrogens is 242 g/mol. The predicted octanol–water partition coefficient (Wildman–Crippen LogP) is -0.251. The van der Waals surface area contributed by atoms with Crippen molar-refractivity contribution < 1.29 is 30.5 Å². The Bertz CT molecular complexity index is 223. The van der Waals surface area contributed by atoms with E-state index in [2.05, 4.69) is 0 Å². The fraction of sp³-hybridized carbons (Fsp3) is 0.833. The molecule has 0 saturated heterocycles. The molecule has 0 heterocycles. The number of rotatable bonds is 3. The van der Waals surface area contributed by atoms with Gasteiger partial charge in [0, 0.05) is 0 Å². The zero-order valence-electron chi connectivity index (χ0n) is 9.22. The summed E-state index contributed by atoms with van der Waals surface area (Å²) < 4.78 is 0. The molecular formula is C6H15N3O8. The van der Waals surface area contributed by atoms with Crippen LogP contribution in [0.5, 0.6) is 0 Å². The second-order valence-electron chi connectivity index (χ2n) is 3.05. The van der Waals surface area contributed by atoms with Crippen LogP contribution in [-0.4, -0.2) is 37.7 Å². The lowest BCUT2D eigenvalue weighted by Crippen LogP contribution is -2.31. The highest BCUT2D eigenvalue weighted by Crippen LogP contribution is 2.01. The van der Waals surface area contributed by atoms with Crippen LogP contribution >= 0.6 is 0 Å². The van der Waals surface area contributed by atoms with Crippen LogP contribution in [0.1, 0.15) is 20.3 Å². The average Bonchev–Trinajstić information content (AvgIpc) is 1.99. The number of aliphatic carboxylic acids is 1. The van der Waals surface area contributed by atoms with Crippen molar-refractivity contribution in [1.29, 1.82) is 0 Å². The maximum absolute atomic E-state index is 10.1. The second kappa shape index (κ2) is 11.9. The number of nitrogens with zero attached hydrogens (tertiary/aromatic N) is 2. The van der Waals surface area contributed by atoms with E-state index in [4.69, 9.17) is 41.5 Å². The molecule has 0 aromatic rings. The van der Waals surface area contributed by atoms with Gasteiger partial charge in [-0.15, -0.1) is 20.2 Å². The van der Waals surface area contributed by atoms with Crippen LogP contribution in [0.25, 0.3) is 0 Å². The minimum absolute atomic E-state index is 0.357. The van der Waals surface area contributed by atoms with E-state index in [1.54, 1.807) is 0 Å². The highest BCUT2D eigenvalue weighted by Gasteiger charge is 2.11. The van der Waals surface area contributed by atoms with E-state index < -0.39 is 22.2 Å². The SMILES string of the molecule is CC(C)C[C@H](N)C(=O)O.O=[N+]([O-])O.O=[N+]([O-])O. The van der Waals surface area contributed by atoms with Crippen LogP contribution in [0.3, 0.4) is 0 Å². The van der Waals surface area contributed by atoms with Crippen molar-refractivity contribution in [2.75, 3.05) is 0 Å². The van der Waals surface area contributed by atoms with Gasteiger partial charge < -0.3 is 21.3 Å². The highest BCUT2D eigenvalue weighted by molar-refractivity contribution is 5.72. The number of hydrogen-bond donors (Lipinski definition) is 4. The molecule has 0 aromatic heterocycles. The molecule has 0 rings (SSSR count). The van der Waals surface area contributed by atoms with Crippen LogP contribution in [-0.2, 0) is 4.79 Å². The summed E-state index contributed by atoms with van der Waals surface area (Å²) in [6.07, 6.45) is 0.551. The predicted molar refractivity (Wildman–Crippen MR) is 52.6 cm³/mol. The molecule has 0 radical (unpaired) electrons. The molecule has 11 heteroatoms. The van der Waals surface area contributed by atoms with Gasteiger partial charge in [0.05, 0.1) is 0 Å². The molecule has 0 aliphatic heterocycles. The van der Waals surface area contributed by atoms with Gasteiger partial charge in [-0.1, -0.05) is 13.8 Å². The van der Waals surface area contributed by atoms with E-state index in [-0.39, 0.29) is 0 Å². The fourth-order valence-electron chi connectivity index (χ4n) is 0.609. The first-order chi connectivity index (χ1) is 7.50. The van der Waals surface area contributed by atoms with Gasteiger partial charge in [0.2, 0.25) is 0 Å². The smallest absolute Gasteiger partial charge is 0.320 e. The first-order valence-electron chi connectivity index (χ1n) is 4.15. The standard InChI is InChI=1S/C6H13NO2.2HNO3/c1-4(2)3-5(7)6(8)9;2*2-1(3)4/h4-5H,3,7H2,1-2H3,(H,8,9);2*(H,2,3,4)/t5-;;/m0../s1. The molecule has 0 aromatic carbocycles. The Morgan fingerprint density at radius 2 is 1.47 bits per heavy atom.